The van der Waals surface area contributed by atoms with Crippen LogP contribution in [0, 0.1) is 0 Å². The van der Waals surface area contributed by atoms with Gasteiger partial charge in [0.05, 0.1) is 6.10 Å². The van der Waals surface area contributed by atoms with E-state index in [-0.39, 0.29) is 6.10 Å². The molecule has 1 unspecified atom stereocenters. The monoisotopic (exact) mass is 288 g/mol. The smallest absolute Gasteiger partial charge is 0.0922 e. The summed E-state index contributed by atoms with van der Waals surface area (Å²) in [5, 5.41) is 13.8. The molecule has 0 aliphatic rings. The fourth-order valence-corrected chi connectivity index (χ4v) is 4.18. The first-order valence-electron chi connectivity index (χ1n) is 6.49. The lowest BCUT2D eigenvalue weighted by molar-refractivity contribution is 0.183. The third kappa shape index (κ3) is 2.59. The average Bonchev–Trinajstić information content (AvgIpc) is 3.06. The van der Waals surface area contributed by atoms with Gasteiger partial charge in [-0.15, -0.1) is 22.7 Å². The van der Waals surface area contributed by atoms with Gasteiger partial charge in [-0.05, 0) is 40.9 Å². The van der Waals surface area contributed by atoms with Crippen molar-refractivity contribution in [1.29, 1.82) is 0 Å². The van der Waals surface area contributed by atoms with Crippen LogP contribution in [-0.4, -0.2) is 5.11 Å². The second-order valence-corrected chi connectivity index (χ2v) is 6.75. The number of rotatable bonds is 4. The highest BCUT2D eigenvalue weighted by molar-refractivity contribution is 7.17. The highest BCUT2D eigenvalue weighted by Crippen LogP contribution is 2.31. The van der Waals surface area contributed by atoms with Crippen LogP contribution in [-0.2, 0) is 12.8 Å². The number of benzene rings is 1. The summed E-state index contributed by atoms with van der Waals surface area (Å²) in [6, 6.07) is 12.6. The lowest BCUT2D eigenvalue weighted by atomic mass is 10.1. The molecule has 98 valence electrons. The molecule has 0 fully saturated rings. The van der Waals surface area contributed by atoms with Crippen LogP contribution in [0.4, 0.5) is 0 Å². The van der Waals surface area contributed by atoms with Gasteiger partial charge in [-0.2, -0.15) is 0 Å². The van der Waals surface area contributed by atoms with E-state index >= 15 is 0 Å². The number of thiophene rings is 2. The molecule has 1 nitrogen and oxygen atoms in total. The fourth-order valence-electron chi connectivity index (χ4n) is 2.26. The van der Waals surface area contributed by atoms with Crippen molar-refractivity contribution >= 4 is 32.8 Å². The molecule has 0 bridgehead atoms. The predicted molar refractivity (Wildman–Crippen MR) is 84.2 cm³/mol. The molecule has 1 atom stereocenters. The molecule has 1 aromatic carbocycles. The summed E-state index contributed by atoms with van der Waals surface area (Å²) in [4.78, 5) is 2.41. The third-order valence-corrected chi connectivity index (χ3v) is 5.68. The van der Waals surface area contributed by atoms with Gasteiger partial charge in [-0.1, -0.05) is 25.1 Å². The van der Waals surface area contributed by atoms with Gasteiger partial charge in [0.2, 0.25) is 0 Å². The van der Waals surface area contributed by atoms with E-state index in [0.29, 0.717) is 6.42 Å². The van der Waals surface area contributed by atoms with E-state index in [1.54, 1.807) is 22.7 Å². The number of aliphatic hydroxyl groups excluding tert-OH is 1. The van der Waals surface area contributed by atoms with Crippen molar-refractivity contribution in [3.63, 3.8) is 0 Å². The summed E-state index contributed by atoms with van der Waals surface area (Å²) in [5.74, 6) is 0. The van der Waals surface area contributed by atoms with E-state index in [0.717, 1.165) is 11.3 Å². The second-order valence-electron chi connectivity index (χ2n) is 4.63. The van der Waals surface area contributed by atoms with Crippen molar-refractivity contribution in [1.82, 2.24) is 0 Å². The van der Waals surface area contributed by atoms with Crippen LogP contribution in [0.25, 0.3) is 10.1 Å². The lowest BCUT2D eigenvalue weighted by Crippen LogP contribution is -1.98. The Labute approximate surface area is 121 Å². The Morgan fingerprint density at radius 1 is 1.16 bits per heavy atom. The SMILES string of the molecule is CCc1ccc(C(O)Cc2csc3ccccc23)s1. The zero-order chi connectivity index (χ0) is 13.2. The van der Waals surface area contributed by atoms with Gasteiger partial charge in [-0.25, -0.2) is 0 Å². The average molecular weight is 288 g/mol. The zero-order valence-corrected chi connectivity index (χ0v) is 12.4. The lowest BCUT2D eigenvalue weighted by Gasteiger charge is -2.07. The van der Waals surface area contributed by atoms with Gasteiger partial charge in [-0.3, -0.25) is 0 Å². The molecule has 0 spiro atoms. The molecule has 0 aliphatic heterocycles. The minimum absolute atomic E-state index is 0.386. The summed E-state index contributed by atoms with van der Waals surface area (Å²) in [6.07, 6.45) is 1.36. The molecule has 3 heteroatoms. The van der Waals surface area contributed by atoms with Gasteiger partial charge in [0, 0.05) is 20.9 Å². The van der Waals surface area contributed by atoms with Crippen molar-refractivity contribution in [2.24, 2.45) is 0 Å². The van der Waals surface area contributed by atoms with Gasteiger partial charge in [0.25, 0.3) is 0 Å². The molecule has 2 aromatic heterocycles. The molecule has 0 saturated heterocycles. The topological polar surface area (TPSA) is 20.2 Å². The summed E-state index contributed by atoms with van der Waals surface area (Å²) in [5.41, 5.74) is 1.25. The van der Waals surface area contributed by atoms with E-state index < -0.39 is 0 Å². The predicted octanol–water partition coefficient (Wildman–Crippen LogP) is 4.80. The van der Waals surface area contributed by atoms with Crippen molar-refractivity contribution < 1.29 is 5.11 Å². The first kappa shape index (κ1) is 12.9. The molecule has 19 heavy (non-hydrogen) atoms. The largest absolute Gasteiger partial charge is 0.387 e. The van der Waals surface area contributed by atoms with Crippen LogP contribution in [0.15, 0.2) is 41.8 Å². The Morgan fingerprint density at radius 3 is 2.79 bits per heavy atom. The zero-order valence-electron chi connectivity index (χ0n) is 10.8. The van der Waals surface area contributed by atoms with Crippen LogP contribution in [0.3, 0.4) is 0 Å². The molecular formula is C16H16OS2. The molecule has 3 rings (SSSR count). The van der Waals surface area contributed by atoms with E-state index in [1.807, 2.05) is 0 Å². The summed E-state index contributed by atoms with van der Waals surface area (Å²) >= 11 is 3.47. The minimum Gasteiger partial charge on any atom is -0.387 e. The second kappa shape index (κ2) is 5.45. The van der Waals surface area contributed by atoms with Crippen molar-refractivity contribution in [2.75, 3.05) is 0 Å². The third-order valence-electron chi connectivity index (χ3n) is 3.33. The van der Waals surface area contributed by atoms with Gasteiger partial charge in [0.1, 0.15) is 0 Å². The number of fused-ring (bicyclic) bond motifs is 1. The Bertz CT molecular complexity index is 681. The molecule has 0 radical (unpaired) electrons. The normalized spacial score (nSPS) is 12.9. The van der Waals surface area contributed by atoms with E-state index in [2.05, 4.69) is 48.7 Å². The van der Waals surface area contributed by atoms with Crippen LogP contribution in [0.5, 0.6) is 0 Å². The molecule has 1 N–H and O–H groups in total. The molecule has 0 amide bonds. The Kier molecular flexibility index (Phi) is 3.69. The Morgan fingerprint density at radius 2 is 2.00 bits per heavy atom. The minimum atomic E-state index is -0.386. The van der Waals surface area contributed by atoms with Crippen molar-refractivity contribution in [3.8, 4) is 0 Å². The van der Waals surface area contributed by atoms with Gasteiger partial charge in [0.15, 0.2) is 0 Å². The highest BCUT2D eigenvalue weighted by Gasteiger charge is 2.13. The fraction of sp³-hybridized carbons (Fsp3) is 0.250. The first-order chi connectivity index (χ1) is 9.28. The number of aliphatic hydroxyl groups is 1. The number of aryl methyl sites for hydroxylation is 1. The maximum atomic E-state index is 10.4. The standard InChI is InChI=1S/C16H16OS2/c1-2-12-7-8-16(19-12)14(17)9-11-10-18-15-6-4-3-5-13(11)15/h3-8,10,14,17H,2,9H2,1H3. The van der Waals surface area contributed by atoms with E-state index in [4.69, 9.17) is 0 Å². The molecule has 0 saturated carbocycles. The van der Waals surface area contributed by atoms with Crippen LogP contribution in [0.2, 0.25) is 0 Å². The Hall–Kier alpha value is -1.16. The van der Waals surface area contributed by atoms with E-state index in [1.165, 1.54) is 20.5 Å². The molecule has 0 aliphatic carbocycles. The van der Waals surface area contributed by atoms with Gasteiger partial charge < -0.3 is 5.11 Å². The Balaban J connectivity index is 1.84. The molecule has 3 aromatic rings. The highest BCUT2D eigenvalue weighted by atomic mass is 32.1. The summed E-state index contributed by atoms with van der Waals surface area (Å²) in [6.45, 7) is 2.15. The molecule has 2 heterocycles. The molecular weight excluding hydrogens is 272 g/mol. The van der Waals surface area contributed by atoms with Crippen molar-refractivity contribution in [3.05, 3.63) is 57.1 Å². The van der Waals surface area contributed by atoms with Crippen molar-refractivity contribution in [2.45, 2.75) is 25.9 Å². The summed E-state index contributed by atoms with van der Waals surface area (Å²) < 4.78 is 1.30. The number of hydrogen-bond donors (Lipinski definition) is 1. The number of hydrogen-bond acceptors (Lipinski definition) is 3. The quantitative estimate of drug-likeness (QED) is 0.731. The summed E-state index contributed by atoms with van der Waals surface area (Å²) in [7, 11) is 0. The maximum Gasteiger partial charge on any atom is 0.0922 e. The first-order valence-corrected chi connectivity index (χ1v) is 8.19. The van der Waals surface area contributed by atoms with Crippen LogP contribution in [0.1, 0.15) is 28.3 Å². The van der Waals surface area contributed by atoms with Crippen LogP contribution >= 0.6 is 22.7 Å². The van der Waals surface area contributed by atoms with Gasteiger partial charge >= 0.3 is 0 Å². The van der Waals surface area contributed by atoms with E-state index in [9.17, 15) is 5.11 Å². The maximum absolute atomic E-state index is 10.4. The van der Waals surface area contributed by atoms with Crippen LogP contribution < -0.4 is 0 Å².